The van der Waals surface area contributed by atoms with Crippen molar-refractivity contribution in [3.8, 4) is 23.2 Å². The van der Waals surface area contributed by atoms with Gasteiger partial charge in [-0.05, 0) is 37.3 Å². The fraction of sp³-hybridized carbons (Fsp3) is 0.179. The molecule has 0 atom stereocenters. The summed E-state index contributed by atoms with van der Waals surface area (Å²) < 4.78 is 34.1. The van der Waals surface area contributed by atoms with E-state index in [1.807, 2.05) is 35.8 Å². The quantitative estimate of drug-likeness (QED) is 0.313. The number of rotatable bonds is 8. The van der Waals surface area contributed by atoms with Crippen LogP contribution in [0.5, 0.6) is 17.2 Å². The first-order valence-corrected chi connectivity index (χ1v) is 11.8. The Bertz CT molecular complexity index is 1620. The largest absolute Gasteiger partial charge is 0.493 e. The van der Waals surface area contributed by atoms with Crippen LogP contribution in [0.25, 0.3) is 17.0 Å². The lowest BCUT2D eigenvalue weighted by molar-refractivity contribution is 0.102. The Labute approximate surface area is 218 Å². The van der Waals surface area contributed by atoms with Gasteiger partial charge in [-0.2, -0.15) is 9.78 Å². The molecule has 0 aliphatic carbocycles. The van der Waals surface area contributed by atoms with Crippen LogP contribution in [0.2, 0.25) is 0 Å². The molecule has 0 aliphatic rings. The molecule has 0 fully saturated rings. The van der Waals surface area contributed by atoms with E-state index in [1.165, 1.54) is 27.4 Å². The highest BCUT2D eigenvalue weighted by Gasteiger charge is 2.21. The minimum Gasteiger partial charge on any atom is -0.493 e. The lowest BCUT2D eigenvalue weighted by Crippen LogP contribution is -2.18. The summed E-state index contributed by atoms with van der Waals surface area (Å²) in [4.78, 5) is 18.1. The molecule has 0 aliphatic heterocycles. The molecule has 9 nitrogen and oxygen atoms in total. The average molecular weight is 516 g/mol. The fourth-order valence-corrected chi connectivity index (χ4v) is 4.32. The first-order chi connectivity index (χ1) is 18.4. The Hall–Kier alpha value is -4.86. The van der Waals surface area contributed by atoms with E-state index in [-0.39, 0.29) is 12.4 Å². The Balaban J connectivity index is 1.57. The molecule has 1 N–H and O–H groups in total. The maximum absolute atomic E-state index is 14.6. The Kier molecular flexibility index (Phi) is 6.69. The summed E-state index contributed by atoms with van der Waals surface area (Å²) >= 11 is 0. The zero-order valence-corrected chi connectivity index (χ0v) is 21.4. The number of fused-ring (bicyclic) bond motifs is 1. The minimum absolute atomic E-state index is 0.224. The normalized spacial score (nSPS) is 11.0. The number of ether oxygens (including phenoxy) is 3. The number of methoxy groups -OCH3 is 3. The zero-order valence-electron chi connectivity index (χ0n) is 21.4. The van der Waals surface area contributed by atoms with Gasteiger partial charge in [-0.1, -0.05) is 30.3 Å². The molecule has 10 heteroatoms. The number of aromatic nitrogens is 4. The standard InChI is InChI=1S/C28H26FN5O4/c1-17-13-25(31-27(35)19-14-23(36-2)26(38-4)24(15-19)37-3)34(32-17)28-30-21-11-7-8-12-22(21)33(28)16-18-9-5-6-10-20(18)29/h5-15H,16H2,1-4H3,(H,31,35). The number of hydrogen-bond acceptors (Lipinski definition) is 6. The number of carbonyl (C=O) groups is 1. The van der Waals surface area contributed by atoms with E-state index in [2.05, 4.69) is 10.4 Å². The molecule has 2 heterocycles. The highest BCUT2D eigenvalue weighted by molar-refractivity contribution is 6.04. The summed E-state index contributed by atoms with van der Waals surface area (Å²) in [5, 5.41) is 7.51. The van der Waals surface area contributed by atoms with Crippen LogP contribution in [0.1, 0.15) is 21.6 Å². The number of anilines is 1. The predicted octanol–water partition coefficient (Wildman–Crippen LogP) is 5.00. The Morgan fingerprint density at radius 2 is 1.63 bits per heavy atom. The molecule has 3 aromatic carbocycles. The molecule has 0 unspecified atom stereocenters. The van der Waals surface area contributed by atoms with E-state index in [9.17, 15) is 9.18 Å². The monoisotopic (exact) mass is 515 g/mol. The Morgan fingerprint density at radius 1 is 0.947 bits per heavy atom. The Morgan fingerprint density at radius 3 is 2.32 bits per heavy atom. The highest BCUT2D eigenvalue weighted by Crippen LogP contribution is 2.38. The SMILES string of the molecule is COc1cc(C(=O)Nc2cc(C)nn2-c2nc3ccccc3n2Cc2ccccc2F)cc(OC)c1OC. The average Bonchev–Trinajstić information content (AvgIpc) is 3.48. The van der Waals surface area contributed by atoms with Gasteiger partial charge in [0.05, 0.1) is 44.6 Å². The topological polar surface area (TPSA) is 92.4 Å². The number of halogens is 1. The van der Waals surface area contributed by atoms with E-state index in [0.29, 0.717) is 51.4 Å². The summed E-state index contributed by atoms with van der Waals surface area (Å²) in [5.74, 6) is 1.19. The van der Waals surface area contributed by atoms with Gasteiger partial charge in [0, 0.05) is 17.2 Å². The molecule has 5 aromatic rings. The van der Waals surface area contributed by atoms with Crippen molar-refractivity contribution >= 4 is 22.8 Å². The van der Waals surface area contributed by atoms with Crippen LogP contribution in [0.4, 0.5) is 10.2 Å². The van der Waals surface area contributed by atoms with Gasteiger partial charge in [0.25, 0.3) is 5.91 Å². The third-order valence-corrected chi connectivity index (χ3v) is 6.11. The number of carbonyl (C=O) groups excluding carboxylic acids is 1. The number of hydrogen-bond donors (Lipinski definition) is 1. The van der Waals surface area contributed by atoms with Gasteiger partial charge in [-0.15, -0.1) is 0 Å². The van der Waals surface area contributed by atoms with E-state index in [0.717, 1.165) is 5.52 Å². The number of nitrogens with zero attached hydrogens (tertiary/aromatic N) is 4. The van der Waals surface area contributed by atoms with E-state index >= 15 is 0 Å². The number of para-hydroxylation sites is 2. The maximum Gasteiger partial charge on any atom is 0.257 e. The molecule has 5 rings (SSSR count). The van der Waals surface area contributed by atoms with Crippen molar-refractivity contribution in [3.63, 3.8) is 0 Å². The smallest absolute Gasteiger partial charge is 0.257 e. The van der Waals surface area contributed by atoms with Crippen LogP contribution < -0.4 is 19.5 Å². The van der Waals surface area contributed by atoms with Gasteiger partial charge in [0.1, 0.15) is 11.6 Å². The van der Waals surface area contributed by atoms with Crippen molar-refractivity contribution in [3.05, 3.63) is 89.4 Å². The summed E-state index contributed by atoms with van der Waals surface area (Å²) in [7, 11) is 4.46. The van der Waals surface area contributed by atoms with Crippen LogP contribution >= 0.6 is 0 Å². The predicted molar refractivity (Wildman–Crippen MR) is 141 cm³/mol. The molecule has 0 bridgehead atoms. The van der Waals surface area contributed by atoms with Gasteiger partial charge in [0.15, 0.2) is 11.5 Å². The summed E-state index contributed by atoms with van der Waals surface area (Å²) in [5.41, 5.74) is 2.98. The van der Waals surface area contributed by atoms with Crippen molar-refractivity contribution in [2.24, 2.45) is 0 Å². The van der Waals surface area contributed by atoms with Crippen LogP contribution in [-0.4, -0.2) is 46.6 Å². The second kappa shape index (κ2) is 10.3. The maximum atomic E-state index is 14.6. The van der Waals surface area contributed by atoms with Crippen molar-refractivity contribution < 1.29 is 23.4 Å². The molecular weight excluding hydrogens is 489 g/mol. The van der Waals surface area contributed by atoms with E-state index < -0.39 is 5.91 Å². The number of imidazole rings is 1. The van der Waals surface area contributed by atoms with Crippen molar-refractivity contribution in [1.29, 1.82) is 0 Å². The summed E-state index contributed by atoms with van der Waals surface area (Å²) in [6.45, 7) is 2.04. The van der Waals surface area contributed by atoms with Crippen LogP contribution in [0.3, 0.4) is 0 Å². The van der Waals surface area contributed by atoms with Crippen LogP contribution in [-0.2, 0) is 6.54 Å². The van der Waals surface area contributed by atoms with Crippen LogP contribution in [0.15, 0.2) is 66.7 Å². The van der Waals surface area contributed by atoms with Gasteiger partial charge in [0.2, 0.25) is 11.7 Å². The summed E-state index contributed by atoms with van der Waals surface area (Å²) in [6, 6.07) is 19.0. The first-order valence-electron chi connectivity index (χ1n) is 11.8. The third-order valence-electron chi connectivity index (χ3n) is 6.11. The molecule has 38 heavy (non-hydrogen) atoms. The zero-order chi connectivity index (χ0) is 26.8. The lowest BCUT2D eigenvalue weighted by Gasteiger charge is -2.15. The van der Waals surface area contributed by atoms with Gasteiger partial charge in [-0.3, -0.25) is 4.79 Å². The van der Waals surface area contributed by atoms with Gasteiger partial charge < -0.3 is 24.1 Å². The highest BCUT2D eigenvalue weighted by atomic mass is 19.1. The number of nitrogens with one attached hydrogen (secondary N) is 1. The molecule has 2 aromatic heterocycles. The fourth-order valence-electron chi connectivity index (χ4n) is 4.32. The molecule has 0 saturated heterocycles. The van der Waals surface area contributed by atoms with Crippen molar-refractivity contribution in [1.82, 2.24) is 19.3 Å². The second-order valence-corrected chi connectivity index (χ2v) is 8.53. The van der Waals surface area contributed by atoms with Crippen molar-refractivity contribution in [2.75, 3.05) is 26.6 Å². The molecule has 0 spiro atoms. The van der Waals surface area contributed by atoms with Gasteiger partial charge in [-0.25, -0.2) is 9.37 Å². The molecule has 0 radical (unpaired) electrons. The summed E-state index contributed by atoms with van der Waals surface area (Å²) in [6.07, 6.45) is 0. The molecule has 1 amide bonds. The van der Waals surface area contributed by atoms with E-state index in [4.69, 9.17) is 19.2 Å². The minimum atomic E-state index is -0.415. The first kappa shape index (κ1) is 24.8. The third kappa shape index (κ3) is 4.52. The van der Waals surface area contributed by atoms with Crippen LogP contribution in [0, 0.1) is 12.7 Å². The van der Waals surface area contributed by atoms with Crippen molar-refractivity contribution in [2.45, 2.75) is 13.5 Å². The number of aryl methyl sites for hydroxylation is 1. The van der Waals surface area contributed by atoms with E-state index in [1.54, 1.807) is 41.1 Å². The van der Waals surface area contributed by atoms with Gasteiger partial charge >= 0.3 is 0 Å². The second-order valence-electron chi connectivity index (χ2n) is 8.53. The lowest BCUT2D eigenvalue weighted by atomic mass is 10.1. The molecular formula is C28H26FN5O4. The number of amides is 1. The molecule has 194 valence electrons. The molecule has 0 saturated carbocycles. The number of benzene rings is 3.